The summed E-state index contributed by atoms with van der Waals surface area (Å²) in [6.07, 6.45) is 4.78. The number of hydrogen-bond donors (Lipinski definition) is 0. The topological polar surface area (TPSA) is 93.4 Å². The monoisotopic (exact) mass is 309 g/mol. The van der Waals surface area contributed by atoms with E-state index in [-0.39, 0.29) is 22.7 Å². The average molecular weight is 309 g/mol. The molecule has 0 N–H and O–H groups in total. The molecular weight excluding hydrogens is 298 g/mol. The number of benzene rings is 1. The summed E-state index contributed by atoms with van der Waals surface area (Å²) in [5.41, 5.74) is 0.794. The smallest absolute Gasteiger partial charge is 0.268 e. The number of carbonyl (C=O) groups excluding carboxylic acids is 2. The number of hydrogen-bond acceptors (Lipinski definition) is 5. The predicted molar refractivity (Wildman–Crippen MR) is 80.4 cm³/mol. The summed E-state index contributed by atoms with van der Waals surface area (Å²) in [4.78, 5) is 41.0. The zero-order chi connectivity index (χ0) is 16.1. The van der Waals surface area contributed by atoms with E-state index in [4.69, 9.17) is 0 Å². The minimum Gasteiger partial charge on any atom is -0.268 e. The summed E-state index contributed by atoms with van der Waals surface area (Å²) in [6, 6.07) is 6.11. The summed E-state index contributed by atoms with van der Waals surface area (Å²) in [5.74, 6) is -0.967. The Morgan fingerprint density at radius 3 is 2.48 bits per heavy atom. The Bertz CT molecular complexity index is 859. The van der Waals surface area contributed by atoms with Crippen LogP contribution in [0.3, 0.4) is 0 Å². The van der Waals surface area contributed by atoms with E-state index in [1.165, 1.54) is 18.5 Å². The number of amides is 2. The summed E-state index contributed by atoms with van der Waals surface area (Å²) < 4.78 is 0. The van der Waals surface area contributed by atoms with Crippen LogP contribution in [0.15, 0.2) is 36.7 Å². The van der Waals surface area contributed by atoms with Crippen molar-refractivity contribution < 1.29 is 14.5 Å². The Morgan fingerprint density at radius 1 is 1.13 bits per heavy atom. The highest BCUT2D eigenvalue weighted by molar-refractivity contribution is 6.36. The Morgan fingerprint density at radius 2 is 1.87 bits per heavy atom. The van der Waals surface area contributed by atoms with Crippen LogP contribution in [0.1, 0.15) is 45.0 Å². The second kappa shape index (κ2) is 4.70. The number of aromatic nitrogens is 1. The van der Waals surface area contributed by atoms with E-state index in [9.17, 15) is 19.7 Å². The fraction of sp³-hybridized carbons (Fsp3) is 0.188. The molecule has 1 aliphatic carbocycles. The van der Waals surface area contributed by atoms with Crippen LogP contribution in [-0.4, -0.2) is 21.7 Å². The minimum absolute atomic E-state index is 0.103. The summed E-state index contributed by atoms with van der Waals surface area (Å²) in [5, 5.41) is 11.3. The first-order valence-corrected chi connectivity index (χ1v) is 7.19. The molecule has 0 atom stereocenters. The van der Waals surface area contributed by atoms with Crippen molar-refractivity contribution in [2.75, 3.05) is 4.90 Å². The van der Waals surface area contributed by atoms with Gasteiger partial charge >= 0.3 is 0 Å². The number of rotatable bonds is 3. The van der Waals surface area contributed by atoms with Gasteiger partial charge in [-0.1, -0.05) is 6.07 Å². The van der Waals surface area contributed by atoms with E-state index in [0.717, 1.165) is 23.3 Å². The van der Waals surface area contributed by atoms with Crippen LogP contribution in [0.4, 0.5) is 11.4 Å². The molecule has 2 heterocycles. The highest BCUT2D eigenvalue weighted by atomic mass is 16.6. The van der Waals surface area contributed by atoms with Crippen LogP contribution in [0, 0.1) is 10.1 Å². The Kier molecular flexibility index (Phi) is 2.77. The van der Waals surface area contributed by atoms with Crippen LogP contribution in [0.25, 0.3) is 0 Å². The molecule has 1 aromatic carbocycles. The molecule has 114 valence electrons. The molecule has 2 aromatic rings. The molecule has 0 spiro atoms. The maximum atomic E-state index is 12.8. The second-order valence-corrected chi connectivity index (χ2v) is 5.61. The second-order valence-electron chi connectivity index (χ2n) is 5.61. The molecule has 2 amide bonds. The maximum Gasteiger partial charge on any atom is 0.283 e. The quantitative estimate of drug-likeness (QED) is 0.493. The standard InChI is InChI=1S/C16H11N3O4/c20-15-13-11(9-3-4-9)5-6-12(19(22)23)14(13)16(21)18(15)10-2-1-7-17-8-10/h1-2,5-9H,3-4H2. The van der Waals surface area contributed by atoms with E-state index in [1.54, 1.807) is 18.2 Å². The fourth-order valence-electron chi connectivity index (χ4n) is 2.98. The first kappa shape index (κ1) is 13.6. The van der Waals surface area contributed by atoms with Gasteiger partial charge < -0.3 is 0 Å². The highest BCUT2D eigenvalue weighted by Crippen LogP contribution is 2.46. The van der Waals surface area contributed by atoms with Crippen molar-refractivity contribution in [3.63, 3.8) is 0 Å². The number of pyridine rings is 1. The number of nitrogens with zero attached hydrogens (tertiary/aromatic N) is 3. The highest BCUT2D eigenvalue weighted by Gasteiger charge is 2.45. The maximum absolute atomic E-state index is 12.8. The van der Waals surface area contributed by atoms with Crippen molar-refractivity contribution >= 4 is 23.2 Å². The van der Waals surface area contributed by atoms with E-state index in [2.05, 4.69) is 4.98 Å². The number of anilines is 1. The molecule has 0 unspecified atom stereocenters. The molecule has 7 heteroatoms. The molecule has 0 bridgehead atoms. The van der Waals surface area contributed by atoms with Crippen LogP contribution >= 0.6 is 0 Å². The van der Waals surface area contributed by atoms with Gasteiger partial charge in [0.05, 0.1) is 22.4 Å². The minimum atomic E-state index is -0.660. The van der Waals surface area contributed by atoms with Gasteiger partial charge in [0, 0.05) is 12.3 Å². The number of fused-ring (bicyclic) bond motifs is 1. The van der Waals surface area contributed by atoms with Crippen molar-refractivity contribution in [1.29, 1.82) is 0 Å². The number of nitro benzene ring substituents is 1. The molecular formula is C16H11N3O4. The van der Waals surface area contributed by atoms with Gasteiger partial charge in [0.2, 0.25) is 0 Å². The van der Waals surface area contributed by atoms with Crippen molar-refractivity contribution in [2.45, 2.75) is 18.8 Å². The zero-order valence-corrected chi connectivity index (χ0v) is 11.9. The van der Waals surface area contributed by atoms with E-state index >= 15 is 0 Å². The van der Waals surface area contributed by atoms with Gasteiger partial charge in [-0.25, -0.2) is 4.90 Å². The molecule has 1 saturated carbocycles. The lowest BCUT2D eigenvalue weighted by molar-refractivity contribution is -0.385. The SMILES string of the molecule is O=C1c2c(C3CC3)ccc([N+](=O)[O-])c2C(=O)N1c1cccnc1. The third kappa shape index (κ3) is 1.93. The molecule has 7 nitrogen and oxygen atoms in total. The van der Waals surface area contributed by atoms with Crippen LogP contribution in [0.2, 0.25) is 0 Å². The first-order valence-electron chi connectivity index (χ1n) is 7.19. The van der Waals surface area contributed by atoms with E-state index in [1.807, 2.05) is 0 Å². The van der Waals surface area contributed by atoms with Crippen LogP contribution in [0.5, 0.6) is 0 Å². The molecule has 1 fully saturated rings. The van der Waals surface area contributed by atoms with Crippen molar-refractivity contribution in [3.05, 3.63) is 63.5 Å². The van der Waals surface area contributed by atoms with Crippen LogP contribution < -0.4 is 4.90 Å². The summed E-state index contributed by atoms with van der Waals surface area (Å²) in [6.45, 7) is 0. The molecule has 0 saturated heterocycles. The van der Waals surface area contributed by atoms with Crippen LogP contribution in [-0.2, 0) is 0 Å². The number of imide groups is 1. The lowest BCUT2D eigenvalue weighted by Crippen LogP contribution is -2.29. The van der Waals surface area contributed by atoms with Gasteiger partial charge in [0.25, 0.3) is 17.5 Å². The van der Waals surface area contributed by atoms with Crippen molar-refractivity contribution in [3.8, 4) is 0 Å². The summed E-state index contributed by atoms with van der Waals surface area (Å²) in [7, 11) is 0. The first-order chi connectivity index (χ1) is 11.1. The summed E-state index contributed by atoms with van der Waals surface area (Å²) >= 11 is 0. The normalized spacial score (nSPS) is 16.6. The van der Waals surface area contributed by atoms with Gasteiger partial charge in [0.15, 0.2) is 0 Å². The molecule has 1 aliphatic heterocycles. The van der Waals surface area contributed by atoms with Crippen molar-refractivity contribution in [1.82, 2.24) is 4.98 Å². The zero-order valence-electron chi connectivity index (χ0n) is 11.9. The molecule has 23 heavy (non-hydrogen) atoms. The lowest BCUT2D eigenvalue weighted by Gasteiger charge is -2.12. The molecule has 2 aliphatic rings. The van der Waals surface area contributed by atoms with E-state index < -0.39 is 16.7 Å². The van der Waals surface area contributed by atoms with Gasteiger partial charge in [0.1, 0.15) is 5.56 Å². The Hall–Kier alpha value is -3.09. The molecule has 4 rings (SSSR count). The Balaban J connectivity index is 1.94. The number of carbonyl (C=O) groups is 2. The molecule has 0 radical (unpaired) electrons. The third-order valence-corrected chi connectivity index (χ3v) is 4.17. The van der Waals surface area contributed by atoms with Gasteiger partial charge in [-0.05, 0) is 36.5 Å². The van der Waals surface area contributed by atoms with Crippen molar-refractivity contribution in [2.24, 2.45) is 0 Å². The van der Waals surface area contributed by atoms with Gasteiger partial charge in [-0.3, -0.25) is 24.7 Å². The fourth-order valence-corrected chi connectivity index (χ4v) is 2.98. The van der Waals surface area contributed by atoms with Gasteiger partial charge in [-0.15, -0.1) is 0 Å². The lowest BCUT2D eigenvalue weighted by atomic mass is 9.98. The average Bonchev–Trinajstić information content (AvgIpc) is 3.35. The predicted octanol–water partition coefficient (Wildman–Crippen LogP) is 2.67. The molecule has 1 aromatic heterocycles. The number of nitro groups is 1. The largest absolute Gasteiger partial charge is 0.283 e. The van der Waals surface area contributed by atoms with E-state index in [0.29, 0.717) is 5.69 Å². The van der Waals surface area contributed by atoms with Gasteiger partial charge in [-0.2, -0.15) is 0 Å². The third-order valence-electron chi connectivity index (χ3n) is 4.17. The Labute approximate surface area is 130 Å².